The molecule has 0 spiro atoms. The van der Waals surface area contributed by atoms with Crippen LogP contribution in [0, 0.1) is 0 Å². The monoisotopic (exact) mass is 248 g/mol. The van der Waals surface area contributed by atoms with Gasteiger partial charge in [-0.2, -0.15) is 0 Å². The third-order valence-corrected chi connectivity index (χ3v) is 3.75. The van der Waals surface area contributed by atoms with Gasteiger partial charge in [0.05, 0.1) is 11.1 Å². The van der Waals surface area contributed by atoms with Gasteiger partial charge in [0.25, 0.3) is 0 Å². The van der Waals surface area contributed by atoms with Crippen molar-refractivity contribution in [2.24, 2.45) is 4.99 Å². The van der Waals surface area contributed by atoms with Gasteiger partial charge in [-0.1, -0.05) is 30.3 Å². The second-order valence-corrected chi connectivity index (χ2v) is 5.05. The van der Waals surface area contributed by atoms with Crippen LogP contribution < -0.4 is 5.32 Å². The molecule has 1 unspecified atom stereocenters. The molecule has 0 bridgehead atoms. The Morgan fingerprint density at radius 3 is 2.94 bits per heavy atom. The summed E-state index contributed by atoms with van der Waals surface area (Å²) in [4.78, 5) is 15.4. The summed E-state index contributed by atoms with van der Waals surface area (Å²) in [6.45, 7) is 2.26. The number of thioether (sulfide) groups is 1. The molecule has 1 aromatic rings. The zero-order valence-corrected chi connectivity index (χ0v) is 10.7. The van der Waals surface area contributed by atoms with Crippen molar-refractivity contribution in [1.82, 2.24) is 5.32 Å². The topological polar surface area (TPSA) is 41.5 Å². The van der Waals surface area contributed by atoms with Gasteiger partial charge in [-0.05, 0) is 6.42 Å². The molecule has 1 aromatic carbocycles. The first kappa shape index (κ1) is 12.2. The predicted molar refractivity (Wildman–Crippen MR) is 72.5 cm³/mol. The molecule has 4 heteroatoms. The second kappa shape index (κ2) is 5.87. The Bertz CT molecular complexity index is 417. The van der Waals surface area contributed by atoms with E-state index < -0.39 is 0 Å². The SMILES string of the molecule is CC(=O)NCCC1CSC(c2ccccc2)=N1. The van der Waals surface area contributed by atoms with E-state index >= 15 is 0 Å². The van der Waals surface area contributed by atoms with Crippen molar-refractivity contribution in [3.05, 3.63) is 35.9 Å². The first-order valence-corrected chi connectivity index (χ1v) is 6.75. The lowest BCUT2D eigenvalue weighted by molar-refractivity contribution is -0.118. The van der Waals surface area contributed by atoms with Crippen molar-refractivity contribution < 1.29 is 4.79 Å². The van der Waals surface area contributed by atoms with Crippen LogP contribution in [0.4, 0.5) is 0 Å². The van der Waals surface area contributed by atoms with Crippen LogP contribution in [0.1, 0.15) is 18.9 Å². The number of benzene rings is 1. The maximum atomic E-state index is 10.8. The van der Waals surface area contributed by atoms with E-state index in [1.54, 1.807) is 18.7 Å². The Morgan fingerprint density at radius 1 is 1.47 bits per heavy atom. The highest BCUT2D eigenvalue weighted by molar-refractivity contribution is 8.14. The molecule has 0 saturated carbocycles. The highest BCUT2D eigenvalue weighted by Crippen LogP contribution is 2.24. The van der Waals surface area contributed by atoms with Gasteiger partial charge in [-0.15, -0.1) is 11.8 Å². The summed E-state index contributed by atoms with van der Waals surface area (Å²) in [6, 6.07) is 10.6. The fraction of sp³-hybridized carbons (Fsp3) is 0.385. The zero-order valence-electron chi connectivity index (χ0n) is 9.85. The number of nitrogens with one attached hydrogen (secondary N) is 1. The van der Waals surface area contributed by atoms with Gasteiger partial charge in [0.1, 0.15) is 0 Å². The summed E-state index contributed by atoms with van der Waals surface area (Å²) in [5, 5.41) is 3.93. The predicted octanol–water partition coefficient (Wildman–Crippen LogP) is 2.07. The lowest BCUT2D eigenvalue weighted by atomic mass is 10.2. The van der Waals surface area contributed by atoms with E-state index in [-0.39, 0.29) is 5.91 Å². The number of rotatable bonds is 4. The Morgan fingerprint density at radius 2 is 2.24 bits per heavy atom. The van der Waals surface area contributed by atoms with Gasteiger partial charge in [0.15, 0.2) is 0 Å². The third-order valence-electron chi connectivity index (χ3n) is 2.58. The molecule has 0 aliphatic carbocycles. The molecule has 1 N–H and O–H groups in total. The van der Waals surface area contributed by atoms with Crippen molar-refractivity contribution in [2.45, 2.75) is 19.4 Å². The number of amides is 1. The zero-order chi connectivity index (χ0) is 12.1. The van der Waals surface area contributed by atoms with Gasteiger partial charge >= 0.3 is 0 Å². The third kappa shape index (κ3) is 3.60. The van der Waals surface area contributed by atoms with E-state index in [1.165, 1.54) is 5.56 Å². The highest BCUT2D eigenvalue weighted by atomic mass is 32.2. The summed E-state index contributed by atoms with van der Waals surface area (Å²) in [5.41, 5.74) is 1.19. The molecule has 0 fully saturated rings. The summed E-state index contributed by atoms with van der Waals surface area (Å²) in [6.07, 6.45) is 0.920. The molecule has 90 valence electrons. The van der Waals surface area contributed by atoms with Crippen LogP contribution in [0.3, 0.4) is 0 Å². The van der Waals surface area contributed by atoms with Crippen LogP contribution >= 0.6 is 11.8 Å². The maximum Gasteiger partial charge on any atom is 0.216 e. The lowest BCUT2D eigenvalue weighted by Gasteiger charge is -2.05. The fourth-order valence-corrected chi connectivity index (χ4v) is 2.83. The average Bonchev–Trinajstić information content (AvgIpc) is 2.78. The van der Waals surface area contributed by atoms with E-state index in [9.17, 15) is 4.79 Å². The molecule has 1 aliphatic heterocycles. The Balaban J connectivity index is 1.88. The van der Waals surface area contributed by atoms with Crippen LogP contribution in [0.5, 0.6) is 0 Å². The smallest absolute Gasteiger partial charge is 0.216 e. The summed E-state index contributed by atoms with van der Waals surface area (Å²) in [7, 11) is 0. The van der Waals surface area contributed by atoms with Gasteiger partial charge < -0.3 is 5.32 Å². The molecule has 1 atom stereocenters. The Hall–Kier alpha value is -1.29. The quantitative estimate of drug-likeness (QED) is 0.886. The van der Waals surface area contributed by atoms with E-state index in [0.29, 0.717) is 12.6 Å². The van der Waals surface area contributed by atoms with Crippen molar-refractivity contribution in [1.29, 1.82) is 0 Å². The highest BCUT2D eigenvalue weighted by Gasteiger charge is 2.18. The molecule has 3 nitrogen and oxygen atoms in total. The van der Waals surface area contributed by atoms with Gasteiger partial charge in [-0.3, -0.25) is 9.79 Å². The minimum Gasteiger partial charge on any atom is -0.356 e. The number of hydrogen-bond acceptors (Lipinski definition) is 3. The molecule has 1 heterocycles. The Labute approximate surface area is 106 Å². The summed E-state index contributed by atoms with van der Waals surface area (Å²) >= 11 is 1.80. The van der Waals surface area contributed by atoms with E-state index in [4.69, 9.17) is 0 Å². The number of hydrogen-bond donors (Lipinski definition) is 1. The van der Waals surface area contributed by atoms with Crippen LogP contribution in [0.25, 0.3) is 0 Å². The minimum atomic E-state index is 0.0305. The standard InChI is InChI=1S/C13H16N2OS/c1-10(16)14-8-7-12-9-17-13(15-12)11-5-3-2-4-6-11/h2-6,12H,7-9H2,1H3,(H,14,16). The second-order valence-electron chi connectivity index (χ2n) is 4.04. The van der Waals surface area contributed by atoms with Gasteiger partial charge in [0.2, 0.25) is 5.91 Å². The molecule has 17 heavy (non-hydrogen) atoms. The molecule has 0 aromatic heterocycles. The number of carbonyl (C=O) groups excluding carboxylic acids is 1. The molecule has 0 saturated heterocycles. The van der Waals surface area contributed by atoms with E-state index in [2.05, 4.69) is 22.4 Å². The number of carbonyl (C=O) groups is 1. The largest absolute Gasteiger partial charge is 0.356 e. The summed E-state index contributed by atoms with van der Waals surface area (Å²) < 4.78 is 0. The molecule has 1 aliphatic rings. The summed E-state index contributed by atoms with van der Waals surface area (Å²) in [5.74, 6) is 1.05. The average molecular weight is 248 g/mol. The lowest BCUT2D eigenvalue weighted by Crippen LogP contribution is -2.24. The fourth-order valence-electron chi connectivity index (χ4n) is 1.72. The molecule has 2 rings (SSSR count). The first-order chi connectivity index (χ1) is 8.25. The van der Waals surface area contributed by atoms with Crippen molar-refractivity contribution in [3.8, 4) is 0 Å². The van der Waals surface area contributed by atoms with Gasteiger partial charge in [-0.25, -0.2) is 0 Å². The van der Waals surface area contributed by atoms with Gasteiger partial charge in [0, 0.05) is 24.8 Å². The van der Waals surface area contributed by atoms with Crippen LogP contribution in [-0.2, 0) is 4.79 Å². The van der Waals surface area contributed by atoms with E-state index in [1.807, 2.05) is 18.2 Å². The number of aliphatic imine (C=N–C) groups is 1. The first-order valence-electron chi connectivity index (χ1n) is 5.76. The van der Waals surface area contributed by atoms with Crippen LogP contribution in [0.2, 0.25) is 0 Å². The number of nitrogens with zero attached hydrogens (tertiary/aromatic N) is 1. The van der Waals surface area contributed by atoms with Crippen LogP contribution in [-0.4, -0.2) is 29.3 Å². The van der Waals surface area contributed by atoms with Crippen molar-refractivity contribution in [3.63, 3.8) is 0 Å². The van der Waals surface area contributed by atoms with E-state index in [0.717, 1.165) is 17.2 Å². The molecular weight excluding hydrogens is 232 g/mol. The minimum absolute atomic E-state index is 0.0305. The Kier molecular flexibility index (Phi) is 4.20. The molecule has 0 radical (unpaired) electrons. The van der Waals surface area contributed by atoms with Crippen molar-refractivity contribution >= 4 is 22.7 Å². The molecule has 1 amide bonds. The molecular formula is C13H16N2OS. The maximum absolute atomic E-state index is 10.8. The van der Waals surface area contributed by atoms with Crippen molar-refractivity contribution in [2.75, 3.05) is 12.3 Å². The van der Waals surface area contributed by atoms with Crippen LogP contribution in [0.15, 0.2) is 35.3 Å². The normalized spacial score (nSPS) is 18.9.